The molecule has 1 aliphatic heterocycles. The number of aromatic amines is 1. The third-order valence-electron chi connectivity index (χ3n) is 4.05. The number of carboxylic acid groups (broad SMARTS) is 1. The topological polar surface area (TPSA) is 82.1 Å². The molecule has 1 saturated heterocycles. The standard InChI is InChI=1S/C14H18N4O2/c1-2-3-9-6-18(7-11(9)14(19)20)13-10-4-5-15-12(10)16-8-17-13/h4-5,8-9,11H,2-3,6-7H2,1H3,(H,19,20)(H,15,16,17)/t9-,11-/m1/s1. The number of carbonyl (C=O) groups is 1. The summed E-state index contributed by atoms with van der Waals surface area (Å²) in [5, 5.41) is 10.3. The molecule has 6 heteroatoms. The molecule has 20 heavy (non-hydrogen) atoms. The Hall–Kier alpha value is -2.11. The summed E-state index contributed by atoms with van der Waals surface area (Å²) in [6.45, 7) is 3.37. The number of carboxylic acids is 1. The molecule has 2 N–H and O–H groups in total. The molecule has 106 valence electrons. The minimum absolute atomic E-state index is 0.196. The van der Waals surface area contributed by atoms with Crippen LogP contribution in [-0.2, 0) is 4.79 Å². The molecule has 0 spiro atoms. The lowest BCUT2D eigenvalue weighted by atomic mass is 9.92. The van der Waals surface area contributed by atoms with Crippen molar-refractivity contribution >= 4 is 22.8 Å². The van der Waals surface area contributed by atoms with Gasteiger partial charge in [-0.2, -0.15) is 0 Å². The normalized spacial score (nSPS) is 22.6. The van der Waals surface area contributed by atoms with Crippen LogP contribution in [-0.4, -0.2) is 39.1 Å². The first kappa shape index (κ1) is 12.9. The second-order valence-electron chi connectivity index (χ2n) is 5.34. The summed E-state index contributed by atoms with van der Waals surface area (Å²) in [4.78, 5) is 25.1. The molecule has 3 rings (SSSR count). The van der Waals surface area contributed by atoms with Gasteiger partial charge in [0.1, 0.15) is 17.8 Å². The quantitative estimate of drug-likeness (QED) is 0.889. The third-order valence-corrected chi connectivity index (χ3v) is 4.05. The Bertz CT molecular complexity index is 624. The molecule has 0 aromatic carbocycles. The Labute approximate surface area is 116 Å². The molecule has 3 heterocycles. The van der Waals surface area contributed by atoms with Crippen molar-refractivity contribution in [3.63, 3.8) is 0 Å². The van der Waals surface area contributed by atoms with Crippen LogP contribution in [0.3, 0.4) is 0 Å². The predicted octanol–water partition coefficient (Wildman–Crippen LogP) is 1.90. The van der Waals surface area contributed by atoms with E-state index in [0.717, 1.165) is 36.2 Å². The van der Waals surface area contributed by atoms with Crippen LogP contribution >= 0.6 is 0 Å². The molecule has 2 atom stereocenters. The molecule has 0 saturated carbocycles. The van der Waals surface area contributed by atoms with E-state index in [4.69, 9.17) is 0 Å². The third kappa shape index (κ3) is 2.11. The summed E-state index contributed by atoms with van der Waals surface area (Å²) in [5.74, 6) is 0.0202. The number of anilines is 1. The fourth-order valence-electron chi connectivity index (χ4n) is 3.10. The molecule has 6 nitrogen and oxygen atoms in total. The molecule has 0 bridgehead atoms. The first-order chi connectivity index (χ1) is 9.70. The summed E-state index contributed by atoms with van der Waals surface area (Å²) < 4.78 is 0. The largest absolute Gasteiger partial charge is 0.481 e. The number of nitrogens with one attached hydrogen (secondary N) is 1. The van der Waals surface area contributed by atoms with E-state index >= 15 is 0 Å². The molecule has 0 radical (unpaired) electrons. The van der Waals surface area contributed by atoms with Crippen molar-refractivity contribution in [2.75, 3.05) is 18.0 Å². The molecule has 2 aromatic heterocycles. The van der Waals surface area contributed by atoms with Gasteiger partial charge in [0.05, 0.1) is 11.3 Å². The summed E-state index contributed by atoms with van der Waals surface area (Å²) >= 11 is 0. The number of rotatable bonds is 4. The van der Waals surface area contributed by atoms with Crippen LogP contribution in [0.1, 0.15) is 19.8 Å². The Morgan fingerprint density at radius 3 is 3.10 bits per heavy atom. The number of H-pyrrole nitrogens is 1. The highest BCUT2D eigenvalue weighted by Crippen LogP contribution is 2.33. The smallest absolute Gasteiger partial charge is 0.308 e. The van der Waals surface area contributed by atoms with Crippen molar-refractivity contribution in [1.29, 1.82) is 0 Å². The zero-order valence-corrected chi connectivity index (χ0v) is 11.4. The fourth-order valence-corrected chi connectivity index (χ4v) is 3.10. The summed E-state index contributed by atoms with van der Waals surface area (Å²) in [6, 6.07) is 1.94. The highest BCUT2D eigenvalue weighted by molar-refractivity contribution is 5.87. The van der Waals surface area contributed by atoms with Gasteiger partial charge in [0.15, 0.2) is 0 Å². The summed E-state index contributed by atoms with van der Waals surface area (Å²) in [5.41, 5.74) is 0.792. The second kappa shape index (κ2) is 5.11. The van der Waals surface area contributed by atoms with E-state index in [2.05, 4.69) is 26.8 Å². The van der Waals surface area contributed by atoms with Gasteiger partial charge in [0, 0.05) is 19.3 Å². The highest BCUT2D eigenvalue weighted by Gasteiger charge is 2.38. The molecule has 1 aliphatic rings. The number of nitrogens with zero attached hydrogens (tertiary/aromatic N) is 3. The first-order valence-electron chi connectivity index (χ1n) is 6.96. The van der Waals surface area contributed by atoms with Crippen LogP contribution < -0.4 is 4.90 Å². The van der Waals surface area contributed by atoms with Crippen molar-refractivity contribution in [2.45, 2.75) is 19.8 Å². The van der Waals surface area contributed by atoms with E-state index < -0.39 is 5.97 Å². The van der Waals surface area contributed by atoms with E-state index in [-0.39, 0.29) is 11.8 Å². The molecule has 0 aliphatic carbocycles. The van der Waals surface area contributed by atoms with Gasteiger partial charge in [-0.15, -0.1) is 0 Å². The Kier molecular flexibility index (Phi) is 3.30. The number of fused-ring (bicyclic) bond motifs is 1. The van der Waals surface area contributed by atoms with E-state index in [0.29, 0.717) is 6.54 Å². The monoisotopic (exact) mass is 274 g/mol. The molecule has 2 aromatic rings. The highest BCUT2D eigenvalue weighted by atomic mass is 16.4. The minimum atomic E-state index is -0.703. The molecule has 0 amide bonds. The minimum Gasteiger partial charge on any atom is -0.481 e. The van der Waals surface area contributed by atoms with Gasteiger partial charge in [-0.3, -0.25) is 4.79 Å². The molecular formula is C14H18N4O2. The van der Waals surface area contributed by atoms with E-state index in [1.807, 2.05) is 12.3 Å². The Morgan fingerprint density at radius 1 is 1.50 bits per heavy atom. The first-order valence-corrected chi connectivity index (χ1v) is 6.96. The maximum atomic E-state index is 11.4. The average Bonchev–Trinajstić information content (AvgIpc) is 3.04. The number of hydrogen-bond donors (Lipinski definition) is 2. The maximum Gasteiger partial charge on any atom is 0.308 e. The van der Waals surface area contributed by atoms with Gasteiger partial charge in [0.25, 0.3) is 0 Å². The van der Waals surface area contributed by atoms with Crippen LogP contribution in [0.4, 0.5) is 5.82 Å². The van der Waals surface area contributed by atoms with E-state index in [1.54, 1.807) is 0 Å². The number of hydrogen-bond acceptors (Lipinski definition) is 4. The van der Waals surface area contributed by atoms with E-state index in [9.17, 15) is 9.90 Å². The molecule has 0 unspecified atom stereocenters. The Balaban J connectivity index is 1.91. The van der Waals surface area contributed by atoms with Crippen LogP contribution in [0.2, 0.25) is 0 Å². The summed E-state index contributed by atoms with van der Waals surface area (Å²) in [7, 11) is 0. The van der Waals surface area contributed by atoms with Gasteiger partial charge in [0.2, 0.25) is 0 Å². The second-order valence-corrected chi connectivity index (χ2v) is 5.34. The lowest BCUT2D eigenvalue weighted by Gasteiger charge is -2.17. The van der Waals surface area contributed by atoms with Gasteiger partial charge < -0.3 is 15.0 Å². The van der Waals surface area contributed by atoms with Crippen LogP contribution in [0, 0.1) is 11.8 Å². The molecular weight excluding hydrogens is 256 g/mol. The van der Waals surface area contributed by atoms with Crippen molar-refractivity contribution in [3.8, 4) is 0 Å². The van der Waals surface area contributed by atoms with E-state index in [1.165, 1.54) is 6.33 Å². The number of aromatic nitrogens is 3. The maximum absolute atomic E-state index is 11.4. The van der Waals surface area contributed by atoms with Crippen LogP contribution in [0.25, 0.3) is 11.0 Å². The summed E-state index contributed by atoms with van der Waals surface area (Å²) in [6.07, 6.45) is 5.30. The van der Waals surface area contributed by atoms with Gasteiger partial charge >= 0.3 is 5.97 Å². The lowest BCUT2D eigenvalue weighted by molar-refractivity contribution is -0.142. The van der Waals surface area contributed by atoms with Crippen molar-refractivity contribution in [3.05, 3.63) is 18.6 Å². The van der Waals surface area contributed by atoms with Crippen molar-refractivity contribution < 1.29 is 9.90 Å². The van der Waals surface area contributed by atoms with Gasteiger partial charge in [-0.25, -0.2) is 9.97 Å². The van der Waals surface area contributed by atoms with Crippen LogP contribution in [0.15, 0.2) is 18.6 Å². The zero-order valence-electron chi connectivity index (χ0n) is 11.4. The number of aliphatic carboxylic acids is 1. The lowest BCUT2D eigenvalue weighted by Crippen LogP contribution is -2.24. The fraction of sp³-hybridized carbons (Fsp3) is 0.500. The Morgan fingerprint density at radius 2 is 2.35 bits per heavy atom. The predicted molar refractivity (Wildman–Crippen MR) is 75.6 cm³/mol. The molecule has 1 fully saturated rings. The zero-order chi connectivity index (χ0) is 14.1. The van der Waals surface area contributed by atoms with Crippen molar-refractivity contribution in [1.82, 2.24) is 15.0 Å². The van der Waals surface area contributed by atoms with Crippen LogP contribution in [0.5, 0.6) is 0 Å². The average molecular weight is 274 g/mol. The van der Waals surface area contributed by atoms with Gasteiger partial charge in [-0.1, -0.05) is 13.3 Å². The SMILES string of the molecule is CCC[C@@H]1CN(c2ncnc3[nH]ccc23)C[C@H]1C(=O)O. The van der Waals surface area contributed by atoms with Gasteiger partial charge in [-0.05, 0) is 18.4 Å². The van der Waals surface area contributed by atoms with Crippen molar-refractivity contribution in [2.24, 2.45) is 11.8 Å².